The molecule has 6 heterocycles. The molecule has 0 N–H and O–H groups in total. The summed E-state index contributed by atoms with van der Waals surface area (Å²) in [5.41, 5.74) is 5.53. The standard InChI is InChI=1S/C36H18N8.Al/c1-2-10-20-18-28-27(17-19(20)9-1)35-42-33-25-15-7-5-13-23(25)31(40-33)38-29-21-11-3-4-12-22(21)30(37-29)39-32-24-14-6-8-16-26(24)34(41-32)43-36(28)44-35;/h1-18H;/q-2;+2. The molecule has 0 fully saturated rings. The van der Waals surface area contributed by atoms with Crippen LogP contribution < -0.4 is 11.0 Å². The van der Waals surface area contributed by atoms with Crippen LogP contribution in [0, 0.1) is 0 Å². The first-order valence-electron chi connectivity index (χ1n) is 14.8. The highest BCUT2D eigenvalue weighted by Crippen LogP contribution is 2.40. The van der Waals surface area contributed by atoms with Crippen LogP contribution in [0.5, 0.6) is 0 Å². The van der Waals surface area contributed by atoms with Crippen LogP contribution in [-0.2, 0) is 0 Å². The Morgan fingerprint density at radius 2 is 0.778 bits per heavy atom. The summed E-state index contributed by atoms with van der Waals surface area (Å²) in [5.74, 6) is 4.28. The van der Waals surface area contributed by atoms with Gasteiger partial charge in [-0.05, 0) is 22.9 Å². The molecule has 0 spiro atoms. The van der Waals surface area contributed by atoms with Gasteiger partial charge in [-0.3, -0.25) is 0 Å². The molecule has 205 valence electrons. The minimum atomic E-state index is -0.681. The van der Waals surface area contributed by atoms with E-state index in [-0.39, 0.29) is 0 Å². The SMILES string of the molecule is c1ccc2c(c1)C1=NC2=Nc2c3ccccc3c3[n]2[Al][n]2c(c4cc5ccccc5cc4c2=NC2=NC(=N3)c3ccccc32)=N1. The molecular weight excluding hydrogens is 571 g/mol. The molecule has 9 heteroatoms. The molecule has 11 rings (SSSR count). The fourth-order valence-corrected chi connectivity index (χ4v) is 8.38. The smallest absolute Gasteiger partial charge is 0.389 e. The minimum Gasteiger partial charge on any atom is -0.389 e. The highest BCUT2D eigenvalue weighted by atomic mass is 27.1. The zero-order valence-electron chi connectivity index (χ0n) is 23.5. The lowest BCUT2D eigenvalue weighted by Gasteiger charge is -2.11. The molecule has 0 amide bonds. The average Bonchev–Trinajstić information content (AvgIpc) is 3.78. The van der Waals surface area contributed by atoms with E-state index in [2.05, 4.69) is 92.0 Å². The summed E-state index contributed by atoms with van der Waals surface area (Å²) in [4.78, 5) is 31.4. The average molecular weight is 590 g/mol. The van der Waals surface area contributed by atoms with Crippen molar-refractivity contribution in [3.8, 4) is 0 Å². The summed E-state index contributed by atoms with van der Waals surface area (Å²) < 4.78 is 4.52. The van der Waals surface area contributed by atoms with E-state index in [0.717, 1.165) is 77.2 Å². The number of nitrogens with zero attached hydrogens (tertiary/aromatic N) is 8. The van der Waals surface area contributed by atoms with E-state index in [1.54, 1.807) is 0 Å². The van der Waals surface area contributed by atoms with Crippen molar-refractivity contribution in [2.75, 3.05) is 0 Å². The van der Waals surface area contributed by atoms with E-state index >= 15 is 0 Å². The Balaban J connectivity index is 1.41. The van der Waals surface area contributed by atoms with Crippen molar-refractivity contribution in [2.24, 2.45) is 30.0 Å². The van der Waals surface area contributed by atoms with Gasteiger partial charge in [-0.2, -0.15) is 0 Å². The molecule has 45 heavy (non-hydrogen) atoms. The van der Waals surface area contributed by atoms with Crippen molar-refractivity contribution in [3.05, 3.63) is 142 Å². The first-order valence-corrected chi connectivity index (χ1v) is 15.8. The van der Waals surface area contributed by atoms with Gasteiger partial charge in [0.1, 0.15) is 22.6 Å². The van der Waals surface area contributed by atoms with Crippen molar-refractivity contribution < 1.29 is 0 Å². The maximum atomic E-state index is 5.35. The Labute approximate surface area is 261 Å². The summed E-state index contributed by atoms with van der Waals surface area (Å²) in [5, 5.41) is 6.39. The van der Waals surface area contributed by atoms with Crippen LogP contribution >= 0.6 is 0 Å². The van der Waals surface area contributed by atoms with Crippen LogP contribution in [0.3, 0.4) is 0 Å². The molecule has 4 aliphatic heterocycles. The second-order valence-electron chi connectivity index (χ2n) is 11.5. The van der Waals surface area contributed by atoms with Gasteiger partial charge in [0.25, 0.3) is 0 Å². The second kappa shape index (κ2) is 8.45. The van der Waals surface area contributed by atoms with Gasteiger partial charge in [-0.25, -0.2) is 30.0 Å². The molecule has 2 aromatic heterocycles. The number of aromatic nitrogens is 2. The highest BCUT2D eigenvalue weighted by Gasteiger charge is 2.30. The lowest BCUT2D eigenvalue weighted by atomic mass is 10.1. The van der Waals surface area contributed by atoms with E-state index in [1.807, 2.05) is 24.3 Å². The Morgan fingerprint density at radius 1 is 0.378 bits per heavy atom. The molecule has 5 aromatic carbocycles. The van der Waals surface area contributed by atoms with E-state index in [4.69, 9.17) is 30.0 Å². The van der Waals surface area contributed by atoms with Gasteiger partial charge in [-0.1, -0.05) is 97.1 Å². The predicted molar refractivity (Wildman–Crippen MR) is 179 cm³/mol. The van der Waals surface area contributed by atoms with Crippen molar-refractivity contribution in [1.82, 2.24) is 7.10 Å². The van der Waals surface area contributed by atoms with Gasteiger partial charge in [0.2, 0.25) is 0 Å². The Kier molecular flexibility index (Phi) is 4.45. The fourth-order valence-electron chi connectivity index (χ4n) is 6.92. The van der Waals surface area contributed by atoms with Crippen molar-refractivity contribution in [1.29, 1.82) is 0 Å². The molecule has 0 aliphatic carbocycles. The number of hydrogen-bond donors (Lipinski definition) is 0. The topological polar surface area (TPSA) is 84.0 Å². The van der Waals surface area contributed by atoms with Gasteiger partial charge in [0.05, 0.1) is 0 Å². The number of benzene rings is 5. The number of amidine groups is 4. The molecular formula is C36H18AlN8. The summed E-state index contributed by atoms with van der Waals surface area (Å²) >= 11 is -0.681. The minimum absolute atomic E-state index is 0.657. The Morgan fingerprint density at radius 3 is 1.24 bits per heavy atom. The maximum absolute atomic E-state index is 5.35. The number of fused-ring (bicyclic) bond motifs is 15. The normalized spacial score (nSPS) is 15.3. The van der Waals surface area contributed by atoms with Gasteiger partial charge in [-0.15, -0.1) is 0 Å². The van der Waals surface area contributed by atoms with Crippen LogP contribution in [0.15, 0.2) is 139 Å². The monoisotopic (exact) mass is 589 g/mol. The summed E-state index contributed by atoms with van der Waals surface area (Å²) in [6, 6.07) is 37.7. The molecule has 0 saturated heterocycles. The summed E-state index contributed by atoms with van der Waals surface area (Å²) in [6.07, 6.45) is 0. The first-order chi connectivity index (χ1) is 22.3. The highest BCUT2D eigenvalue weighted by molar-refractivity contribution is 6.37. The molecule has 6 bridgehead atoms. The lowest BCUT2D eigenvalue weighted by Crippen LogP contribution is -2.36. The van der Waals surface area contributed by atoms with Gasteiger partial charge < -0.3 is 7.10 Å². The molecule has 0 saturated carbocycles. The van der Waals surface area contributed by atoms with E-state index < -0.39 is 15.7 Å². The fraction of sp³-hybridized carbons (Fsp3) is 0. The van der Waals surface area contributed by atoms with Gasteiger partial charge >= 0.3 is 15.7 Å². The van der Waals surface area contributed by atoms with Gasteiger partial charge in [0, 0.05) is 43.8 Å². The van der Waals surface area contributed by atoms with E-state index in [0.29, 0.717) is 23.3 Å². The molecule has 8 nitrogen and oxygen atoms in total. The summed E-state index contributed by atoms with van der Waals surface area (Å²) in [6.45, 7) is 0. The van der Waals surface area contributed by atoms with Crippen LogP contribution in [0.1, 0.15) is 22.3 Å². The van der Waals surface area contributed by atoms with Crippen LogP contribution in [-0.4, -0.2) is 46.1 Å². The number of rotatable bonds is 0. The second-order valence-corrected chi connectivity index (χ2v) is 12.8. The zero-order chi connectivity index (χ0) is 29.2. The third-order valence-electron chi connectivity index (χ3n) is 9.01. The molecule has 0 atom stereocenters. The predicted octanol–water partition coefficient (Wildman–Crippen LogP) is 5.62. The quantitative estimate of drug-likeness (QED) is 0.206. The third-order valence-corrected chi connectivity index (χ3v) is 10.4. The lowest BCUT2D eigenvalue weighted by molar-refractivity contribution is 0.992. The number of hydrogen-bond acceptors (Lipinski definition) is 6. The number of aliphatic imine (C=N–C) groups is 4. The van der Waals surface area contributed by atoms with Crippen LogP contribution in [0.25, 0.3) is 32.3 Å². The Bertz CT molecular complexity index is 2610. The molecule has 4 aliphatic rings. The largest absolute Gasteiger partial charge is 0.568 e. The first kappa shape index (κ1) is 23.7. The van der Waals surface area contributed by atoms with E-state index in [9.17, 15) is 0 Å². The van der Waals surface area contributed by atoms with Crippen molar-refractivity contribution >= 4 is 83.0 Å². The van der Waals surface area contributed by atoms with Crippen LogP contribution in [0.4, 0.5) is 11.6 Å². The zero-order valence-corrected chi connectivity index (χ0v) is 24.7. The molecule has 1 radical (unpaired) electrons. The Hall–Kier alpha value is -5.75. The van der Waals surface area contributed by atoms with Crippen LogP contribution in [0.2, 0.25) is 0 Å². The molecule has 7 aromatic rings. The molecule has 0 unspecified atom stereocenters. The van der Waals surface area contributed by atoms with E-state index in [1.165, 1.54) is 0 Å². The van der Waals surface area contributed by atoms with Gasteiger partial charge in [0.15, 0.2) is 23.3 Å². The third kappa shape index (κ3) is 3.15. The maximum Gasteiger partial charge on any atom is 0.568 e. The van der Waals surface area contributed by atoms with Crippen molar-refractivity contribution in [3.63, 3.8) is 0 Å². The summed E-state index contributed by atoms with van der Waals surface area (Å²) in [7, 11) is 0. The van der Waals surface area contributed by atoms with Crippen molar-refractivity contribution in [2.45, 2.75) is 0 Å².